The van der Waals surface area contributed by atoms with Gasteiger partial charge in [-0.15, -0.1) is 0 Å². The highest BCUT2D eigenvalue weighted by molar-refractivity contribution is 6.99. The quantitative estimate of drug-likeness (QED) is 0.451. The number of unbranched alkanes of at least 4 members (excludes halogenated alkanes) is 1. The minimum atomic E-state index is -2.49. The third-order valence-electron chi connectivity index (χ3n) is 5.04. The second-order valence-electron chi connectivity index (χ2n) is 8.13. The first kappa shape index (κ1) is 22.5. The molecule has 2 aromatic carbocycles. The minimum Gasteiger partial charge on any atom is -0.407 e. The van der Waals surface area contributed by atoms with Crippen molar-refractivity contribution in [3.8, 4) is 0 Å². The van der Waals surface area contributed by atoms with Gasteiger partial charge in [-0.3, -0.25) is 0 Å². The van der Waals surface area contributed by atoms with Gasteiger partial charge in [0.15, 0.2) is 0 Å². The van der Waals surface area contributed by atoms with Crippen LogP contribution < -0.4 is 10.4 Å². The van der Waals surface area contributed by atoms with Gasteiger partial charge < -0.3 is 9.53 Å². The van der Waals surface area contributed by atoms with Crippen LogP contribution in [0.1, 0.15) is 46.5 Å². The van der Waals surface area contributed by atoms with E-state index in [0.29, 0.717) is 19.4 Å². The zero-order valence-electron chi connectivity index (χ0n) is 17.3. The Morgan fingerprint density at radius 1 is 0.964 bits per heavy atom. The van der Waals surface area contributed by atoms with Crippen LogP contribution in [0.4, 0.5) is 4.39 Å². The maximum atomic E-state index is 13.7. The van der Waals surface area contributed by atoms with Gasteiger partial charge in [0.05, 0.1) is 5.83 Å². The summed E-state index contributed by atoms with van der Waals surface area (Å²) in [6.45, 7) is 7.38. The zero-order chi connectivity index (χ0) is 20.5. The third kappa shape index (κ3) is 5.63. The van der Waals surface area contributed by atoms with Crippen molar-refractivity contribution in [2.24, 2.45) is 0 Å². The largest absolute Gasteiger partial charge is 0.407 e. The number of rotatable bonds is 10. The molecule has 0 bridgehead atoms. The SMILES string of the molecule is CC(C)(C)[Si](OCCCC/C(F)=C/CCO)(c1ccccc1)c1ccccc1. The van der Waals surface area contributed by atoms with Crippen molar-refractivity contribution < 1.29 is 13.9 Å². The molecule has 0 aliphatic carbocycles. The average Bonchev–Trinajstić information content (AvgIpc) is 2.69. The average molecular weight is 401 g/mol. The Bertz CT molecular complexity index is 684. The Balaban J connectivity index is 2.20. The van der Waals surface area contributed by atoms with E-state index in [4.69, 9.17) is 9.53 Å². The molecule has 4 heteroatoms. The van der Waals surface area contributed by atoms with E-state index >= 15 is 0 Å². The van der Waals surface area contributed by atoms with Crippen molar-refractivity contribution in [3.63, 3.8) is 0 Å². The van der Waals surface area contributed by atoms with Crippen molar-refractivity contribution in [2.75, 3.05) is 13.2 Å². The summed E-state index contributed by atoms with van der Waals surface area (Å²) < 4.78 is 20.5. The lowest BCUT2D eigenvalue weighted by Gasteiger charge is -2.43. The maximum absolute atomic E-state index is 13.7. The molecule has 1 N–H and O–H groups in total. The van der Waals surface area contributed by atoms with E-state index in [1.165, 1.54) is 16.4 Å². The predicted octanol–water partition coefficient (Wildman–Crippen LogP) is 4.97. The second kappa shape index (κ2) is 10.7. The molecule has 0 radical (unpaired) electrons. The standard InChI is InChI=1S/C24H33FO2Si/c1-24(2,3)28(22-15-6-4-7-16-22,23-17-8-5-9-18-23)27-20-11-10-13-21(25)14-12-19-26/h4-9,14-18,26H,10-13,19-20H2,1-3H3/b21-14-. The third-order valence-corrected chi connectivity index (χ3v) is 10.1. The topological polar surface area (TPSA) is 29.5 Å². The number of hydrogen-bond acceptors (Lipinski definition) is 2. The number of benzene rings is 2. The van der Waals surface area contributed by atoms with Crippen molar-refractivity contribution in [2.45, 2.75) is 51.5 Å². The smallest absolute Gasteiger partial charge is 0.261 e. The fraction of sp³-hybridized carbons (Fsp3) is 0.417. The van der Waals surface area contributed by atoms with Gasteiger partial charge in [0.2, 0.25) is 0 Å². The number of halogens is 1. The van der Waals surface area contributed by atoms with E-state index in [-0.39, 0.29) is 17.5 Å². The molecule has 0 saturated heterocycles. The number of allylic oxidation sites excluding steroid dienone is 1. The molecule has 28 heavy (non-hydrogen) atoms. The van der Waals surface area contributed by atoms with Crippen LogP contribution in [0.25, 0.3) is 0 Å². The van der Waals surface area contributed by atoms with Crippen LogP contribution in [0.2, 0.25) is 5.04 Å². The van der Waals surface area contributed by atoms with Gasteiger partial charge in [-0.1, -0.05) is 87.5 Å². The van der Waals surface area contributed by atoms with Crippen LogP contribution in [-0.2, 0) is 4.43 Å². The van der Waals surface area contributed by atoms with Crippen molar-refractivity contribution >= 4 is 18.7 Å². The molecule has 0 aliphatic rings. The first-order chi connectivity index (χ1) is 13.4. The first-order valence-electron chi connectivity index (χ1n) is 10.1. The summed E-state index contributed by atoms with van der Waals surface area (Å²) in [7, 11) is -2.49. The molecule has 0 fully saturated rings. The molecule has 0 aliphatic heterocycles. The van der Waals surface area contributed by atoms with Crippen LogP contribution in [-0.4, -0.2) is 26.6 Å². The minimum absolute atomic E-state index is 0.00954. The fourth-order valence-electron chi connectivity index (χ4n) is 3.71. The zero-order valence-corrected chi connectivity index (χ0v) is 18.3. The summed E-state index contributed by atoms with van der Waals surface area (Å²) in [6.07, 6.45) is 3.81. The van der Waals surface area contributed by atoms with Gasteiger partial charge in [0.1, 0.15) is 0 Å². The summed E-state index contributed by atoms with van der Waals surface area (Å²) in [5.74, 6) is -0.139. The highest BCUT2D eigenvalue weighted by Gasteiger charge is 2.49. The molecule has 2 rings (SSSR count). The molecule has 0 spiro atoms. The molecule has 2 aromatic rings. The van der Waals surface area contributed by atoms with Crippen molar-refractivity contribution in [1.29, 1.82) is 0 Å². The molecule has 152 valence electrons. The Morgan fingerprint density at radius 3 is 1.96 bits per heavy atom. The Kier molecular flexibility index (Phi) is 8.61. The van der Waals surface area contributed by atoms with Crippen LogP contribution >= 0.6 is 0 Å². The van der Waals surface area contributed by atoms with Gasteiger partial charge in [0, 0.05) is 13.2 Å². The number of aliphatic hydroxyl groups is 1. The van der Waals surface area contributed by atoms with Gasteiger partial charge >= 0.3 is 0 Å². The highest BCUT2D eigenvalue weighted by Crippen LogP contribution is 2.36. The molecule has 0 aromatic heterocycles. The monoisotopic (exact) mass is 400 g/mol. The summed E-state index contributed by atoms with van der Waals surface area (Å²) in [5, 5.41) is 11.3. The van der Waals surface area contributed by atoms with Gasteiger partial charge in [-0.2, -0.15) is 0 Å². The lowest BCUT2D eigenvalue weighted by atomic mass is 10.2. The van der Waals surface area contributed by atoms with Crippen LogP contribution in [0.15, 0.2) is 72.6 Å². The maximum Gasteiger partial charge on any atom is 0.261 e. The molecular formula is C24H33FO2Si. The Labute approximate surface area is 170 Å². The van der Waals surface area contributed by atoms with E-state index in [1.807, 2.05) is 12.1 Å². The van der Waals surface area contributed by atoms with Crippen molar-refractivity contribution in [1.82, 2.24) is 0 Å². The van der Waals surface area contributed by atoms with Gasteiger partial charge in [0.25, 0.3) is 8.32 Å². The molecule has 0 unspecified atom stereocenters. The summed E-state index contributed by atoms with van der Waals surface area (Å²) in [5.41, 5.74) is 0. The molecule has 2 nitrogen and oxygen atoms in total. The molecule has 0 atom stereocenters. The normalized spacial score (nSPS) is 13.0. The summed E-state index contributed by atoms with van der Waals surface area (Å²) >= 11 is 0. The Morgan fingerprint density at radius 2 is 1.50 bits per heavy atom. The fourth-order valence-corrected chi connectivity index (χ4v) is 8.31. The van der Waals surface area contributed by atoms with Crippen LogP contribution in [0, 0.1) is 0 Å². The lowest BCUT2D eigenvalue weighted by Crippen LogP contribution is -2.66. The second-order valence-corrected chi connectivity index (χ2v) is 12.4. The first-order valence-corrected chi connectivity index (χ1v) is 12.0. The van der Waals surface area contributed by atoms with E-state index < -0.39 is 8.32 Å². The Hall–Kier alpha value is -1.75. The van der Waals surface area contributed by atoms with Crippen LogP contribution in [0.5, 0.6) is 0 Å². The van der Waals surface area contributed by atoms with Crippen LogP contribution in [0.3, 0.4) is 0 Å². The van der Waals surface area contributed by atoms with Gasteiger partial charge in [-0.05, 0) is 41.1 Å². The molecular weight excluding hydrogens is 367 g/mol. The van der Waals surface area contributed by atoms with Crippen molar-refractivity contribution in [3.05, 3.63) is 72.6 Å². The molecule has 0 amide bonds. The summed E-state index contributed by atoms with van der Waals surface area (Å²) in [6, 6.07) is 21.1. The lowest BCUT2D eigenvalue weighted by molar-refractivity contribution is 0.286. The molecule has 0 saturated carbocycles. The number of hydrogen-bond donors (Lipinski definition) is 1. The van der Waals surface area contributed by atoms with E-state index in [9.17, 15) is 4.39 Å². The predicted molar refractivity (Wildman–Crippen MR) is 118 cm³/mol. The van der Waals surface area contributed by atoms with E-state index in [2.05, 4.69) is 69.3 Å². The van der Waals surface area contributed by atoms with E-state index in [1.54, 1.807) is 0 Å². The highest BCUT2D eigenvalue weighted by atomic mass is 28.4. The van der Waals surface area contributed by atoms with Gasteiger partial charge in [-0.25, -0.2) is 4.39 Å². The molecule has 0 heterocycles. The number of aliphatic hydroxyl groups excluding tert-OH is 1. The summed E-state index contributed by atoms with van der Waals surface area (Å²) in [4.78, 5) is 0. The van der Waals surface area contributed by atoms with E-state index in [0.717, 1.165) is 12.8 Å².